The molecule has 2 aliphatic heterocycles. The number of anilines is 1. The van der Waals surface area contributed by atoms with Gasteiger partial charge in [0.05, 0.1) is 5.56 Å². The highest BCUT2D eigenvalue weighted by molar-refractivity contribution is 6.03. The van der Waals surface area contributed by atoms with Crippen LogP contribution in [0.15, 0.2) is 18.2 Å². The number of benzene rings is 1. The summed E-state index contributed by atoms with van der Waals surface area (Å²) in [7, 11) is 0. The van der Waals surface area contributed by atoms with Crippen LogP contribution < -0.4 is 10.2 Å². The van der Waals surface area contributed by atoms with Crippen molar-refractivity contribution in [3.05, 3.63) is 29.3 Å². The van der Waals surface area contributed by atoms with Gasteiger partial charge in [-0.15, -0.1) is 0 Å². The summed E-state index contributed by atoms with van der Waals surface area (Å²) in [5.41, 5.74) is -0.106. The predicted octanol–water partition coefficient (Wildman–Crippen LogP) is 1.93. The fraction of sp³-hybridized carbons (Fsp3) is 0.529. The molecule has 5 nitrogen and oxygen atoms in total. The number of fused-ring (bicyclic) bond motifs is 1. The molecule has 2 N–H and O–H groups in total. The maximum atomic E-state index is 15.0. The lowest BCUT2D eigenvalue weighted by molar-refractivity contribution is -0.130. The van der Waals surface area contributed by atoms with E-state index in [1.54, 1.807) is 18.2 Å². The van der Waals surface area contributed by atoms with Gasteiger partial charge in [0.15, 0.2) is 5.67 Å². The van der Waals surface area contributed by atoms with Crippen LogP contribution in [0.25, 0.3) is 0 Å². The third kappa shape index (κ3) is 2.24. The van der Waals surface area contributed by atoms with Gasteiger partial charge in [0.25, 0.3) is 5.91 Å². The summed E-state index contributed by atoms with van der Waals surface area (Å²) in [4.78, 5) is 25.4. The van der Waals surface area contributed by atoms with E-state index in [1.165, 1.54) is 4.90 Å². The van der Waals surface area contributed by atoms with Crippen molar-refractivity contribution in [3.63, 3.8) is 0 Å². The zero-order valence-corrected chi connectivity index (χ0v) is 12.7. The van der Waals surface area contributed by atoms with Crippen LogP contribution in [0.1, 0.15) is 41.1 Å². The number of amides is 1. The molecule has 1 aromatic carbocycles. The number of carboxylic acid groups (broad SMARTS) is 1. The molecule has 1 amide bonds. The Kier molecular flexibility index (Phi) is 3.20. The fourth-order valence-corrected chi connectivity index (χ4v) is 3.80. The molecule has 1 saturated carbocycles. The largest absolute Gasteiger partial charge is 0.478 e. The van der Waals surface area contributed by atoms with Crippen molar-refractivity contribution >= 4 is 17.6 Å². The minimum Gasteiger partial charge on any atom is -0.478 e. The van der Waals surface area contributed by atoms with Crippen molar-refractivity contribution in [3.8, 4) is 0 Å². The van der Waals surface area contributed by atoms with Crippen LogP contribution in [-0.4, -0.2) is 42.3 Å². The number of carbonyl (C=O) groups is 2. The van der Waals surface area contributed by atoms with Crippen LogP contribution in [0.3, 0.4) is 0 Å². The molecule has 0 unspecified atom stereocenters. The molecule has 0 radical (unpaired) electrons. The van der Waals surface area contributed by atoms with Crippen molar-refractivity contribution in [1.82, 2.24) is 5.32 Å². The first kappa shape index (κ1) is 14.6. The summed E-state index contributed by atoms with van der Waals surface area (Å²) in [5.74, 6) is -1.52. The number of nitrogens with zero attached hydrogens (tertiary/aromatic N) is 1. The fourth-order valence-electron chi connectivity index (χ4n) is 3.80. The zero-order chi connectivity index (χ0) is 16.2. The average molecular weight is 318 g/mol. The highest BCUT2D eigenvalue weighted by Crippen LogP contribution is 2.45. The minimum absolute atomic E-state index is 0.204. The first-order valence-electron chi connectivity index (χ1n) is 8.09. The molecular weight excluding hydrogens is 299 g/mol. The summed E-state index contributed by atoms with van der Waals surface area (Å²) in [6.07, 6.45) is 2.14. The van der Waals surface area contributed by atoms with E-state index in [4.69, 9.17) is 0 Å². The van der Waals surface area contributed by atoms with Gasteiger partial charge in [-0.3, -0.25) is 4.79 Å². The lowest BCUT2D eigenvalue weighted by atomic mass is 9.86. The molecule has 0 bridgehead atoms. The molecule has 2 heterocycles. The highest BCUT2D eigenvalue weighted by Gasteiger charge is 2.56. The van der Waals surface area contributed by atoms with E-state index in [0.29, 0.717) is 25.3 Å². The monoisotopic (exact) mass is 318 g/mol. The Labute approximate surface area is 133 Å². The number of carboxylic acids is 1. The molecule has 1 aromatic rings. The Morgan fingerprint density at radius 1 is 1.39 bits per heavy atom. The van der Waals surface area contributed by atoms with Gasteiger partial charge in [-0.25, -0.2) is 9.18 Å². The van der Waals surface area contributed by atoms with Gasteiger partial charge in [0, 0.05) is 31.1 Å². The second-order valence-corrected chi connectivity index (χ2v) is 6.78. The first-order chi connectivity index (χ1) is 11.0. The maximum absolute atomic E-state index is 15.0. The second kappa shape index (κ2) is 5.03. The first-order valence-corrected chi connectivity index (χ1v) is 8.09. The summed E-state index contributed by atoms with van der Waals surface area (Å²) < 4.78 is 15.0. The number of piperidine rings is 1. The molecule has 6 heteroatoms. The predicted molar refractivity (Wildman–Crippen MR) is 82.5 cm³/mol. The van der Waals surface area contributed by atoms with Crippen LogP contribution in [0.2, 0.25) is 0 Å². The molecular formula is C17H19FN2O3. The summed E-state index contributed by atoms with van der Waals surface area (Å²) >= 11 is 0. The second-order valence-electron chi connectivity index (χ2n) is 6.78. The highest BCUT2D eigenvalue weighted by atomic mass is 19.1. The van der Waals surface area contributed by atoms with E-state index in [1.807, 2.05) is 0 Å². The molecule has 0 aromatic heterocycles. The third-order valence-electron chi connectivity index (χ3n) is 5.30. The Morgan fingerprint density at radius 3 is 2.83 bits per heavy atom. The Balaban J connectivity index is 1.70. The van der Waals surface area contributed by atoms with Gasteiger partial charge >= 0.3 is 5.97 Å². The average Bonchev–Trinajstić information content (AvgIpc) is 3.34. The van der Waals surface area contributed by atoms with Crippen molar-refractivity contribution in [2.75, 3.05) is 24.5 Å². The van der Waals surface area contributed by atoms with E-state index in [9.17, 15) is 14.7 Å². The van der Waals surface area contributed by atoms with Crippen LogP contribution in [0, 0.1) is 5.92 Å². The summed E-state index contributed by atoms with van der Waals surface area (Å²) in [5, 5.41) is 12.5. The standard InChI is InChI=1S/C17H19FN2O3/c18-17-5-6-19-8-11(17)9-20(16(17)23)12-3-4-13(15(21)22)14(7-12)10-1-2-10/h3-4,7,10-11,19H,1-2,5-6,8-9H2,(H,21,22)/t11-,17+/m0/s1. The van der Waals surface area contributed by atoms with Crippen molar-refractivity contribution < 1.29 is 19.1 Å². The van der Waals surface area contributed by atoms with Gasteiger partial charge in [-0.2, -0.15) is 0 Å². The van der Waals surface area contributed by atoms with Gasteiger partial charge < -0.3 is 15.3 Å². The van der Waals surface area contributed by atoms with Gasteiger partial charge in [0.1, 0.15) is 0 Å². The number of halogens is 1. The van der Waals surface area contributed by atoms with E-state index >= 15 is 4.39 Å². The summed E-state index contributed by atoms with van der Waals surface area (Å²) in [6, 6.07) is 4.94. The zero-order valence-electron chi connectivity index (χ0n) is 12.7. The number of hydrogen-bond donors (Lipinski definition) is 2. The molecule has 1 aliphatic carbocycles. The van der Waals surface area contributed by atoms with Crippen LogP contribution in [0.5, 0.6) is 0 Å². The SMILES string of the molecule is O=C(O)c1ccc(N2C[C@@H]3CNCC[C@]3(F)C2=O)cc1C1CC1. The normalized spacial score (nSPS) is 30.4. The molecule has 2 saturated heterocycles. The van der Waals surface area contributed by atoms with E-state index in [-0.39, 0.29) is 23.8 Å². The van der Waals surface area contributed by atoms with Crippen molar-refractivity contribution in [2.24, 2.45) is 5.92 Å². The molecule has 2 atom stereocenters. The minimum atomic E-state index is -1.78. The van der Waals surface area contributed by atoms with E-state index < -0.39 is 17.5 Å². The van der Waals surface area contributed by atoms with E-state index in [2.05, 4.69) is 5.32 Å². The number of nitrogens with one attached hydrogen (secondary N) is 1. The number of rotatable bonds is 3. The number of carbonyl (C=O) groups excluding carboxylic acids is 1. The van der Waals surface area contributed by atoms with Gasteiger partial charge in [-0.05, 0) is 49.1 Å². The van der Waals surface area contributed by atoms with Crippen LogP contribution in [0.4, 0.5) is 10.1 Å². The molecule has 4 rings (SSSR count). The summed E-state index contributed by atoms with van der Waals surface area (Å²) in [6.45, 7) is 1.36. The lowest BCUT2D eigenvalue weighted by Gasteiger charge is -2.29. The van der Waals surface area contributed by atoms with Crippen LogP contribution in [-0.2, 0) is 4.79 Å². The Bertz CT molecular complexity index is 688. The molecule has 23 heavy (non-hydrogen) atoms. The molecule has 3 aliphatic rings. The van der Waals surface area contributed by atoms with Gasteiger partial charge in [0.2, 0.25) is 0 Å². The molecule has 3 fully saturated rings. The maximum Gasteiger partial charge on any atom is 0.335 e. The number of hydrogen-bond acceptors (Lipinski definition) is 3. The topological polar surface area (TPSA) is 69.6 Å². The number of alkyl halides is 1. The van der Waals surface area contributed by atoms with Crippen molar-refractivity contribution in [1.29, 1.82) is 0 Å². The Morgan fingerprint density at radius 2 is 2.17 bits per heavy atom. The number of aromatic carboxylic acids is 1. The molecule has 122 valence electrons. The third-order valence-corrected chi connectivity index (χ3v) is 5.30. The van der Waals surface area contributed by atoms with Gasteiger partial charge in [-0.1, -0.05) is 0 Å². The smallest absolute Gasteiger partial charge is 0.335 e. The quantitative estimate of drug-likeness (QED) is 0.893. The van der Waals surface area contributed by atoms with Crippen molar-refractivity contribution in [2.45, 2.75) is 30.8 Å². The van der Waals surface area contributed by atoms with E-state index in [0.717, 1.165) is 18.4 Å². The lowest BCUT2D eigenvalue weighted by Crippen LogP contribution is -2.49. The molecule has 0 spiro atoms. The van der Waals surface area contributed by atoms with Crippen LogP contribution >= 0.6 is 0 Å². The Hall–Kier alpha value is -1.95.